The number of rotatable bonds is 9. The van der Waals surface area contributed by atoms with Gasteiger partial charge in [-0.2, -0.15) is 0 Å². The molecule has 0 bridgehead atoms. The Morgan fingerprint density at radius 3 is 2.70 bits per heavy atom. The molecule has 0 fully saturated rings. The van der Waals surface area contributed by atoms with Crippen LogP contribution in [0, 0.1) is 0 Å². The summed E-state index contributed by atoms with van der Waals surface area (Å²) in [4.78, 5) is 44.2. The standard InChI is InChI=1S/C16H21N5O4S2/c1-10(22)18-16-19-12(9-26-16)7-13(24)20-15-17-8-14(27-15)21(3)5-4-6-25-11(2)23/h8-9H,4-7H2,1-3H3,(H,17,20,24)(H,18,19,22). The Balaban J connectivity index is 1.80. The summed E-state index contributed by atoms with van der Waals surface area (Å²) in [6.07, 6.45) is 2.49. The predicted molar refractivity (Wildman–Crippen MR) is 105 cm³/mol. The van der Waals surface area contributed by atoms with Crippen molar-refractivity contribution in [1.29, 1.82) is 0 Å². The molecule has 0 spiro atoms. The van der Waals surface area contributed by atoms with Gasteiger partial charge in [0.15, 0.2) is 10.3 Å². The second-order valence-electron chi connectivity index (χ2n) is 5.67. The van der Waals surface area contributed by atoms with E-state index in [1.165, 1.54) is 36.5 Å². The summed E-state index contributed by atoms with van der Waals surface area (Å²) in [6, 6.07) is 0. The highest BCUT2D eigenvalue weighted by molar-refractivity contribution is 7.19. The number of anilines is 3. The maximum absolute atomic E-state index is 12.1. The van der Waals surface area contributed by atoms with Gasteiger partial charge >= 0.3 is 5.97 Å². The van der Waals surface area contributed by atoms with Gasteiger partial charge in [-0.25, -0.2) is 9.97 Å². The summed E-state index contributed by atoms with van der Waals surface area (Å²) >= 11 is 2.63. The number of nitrogens with one attached hydrogen (secondary N) is 2. The smallest absolute Gasteiger partial charge is 0.302 e. The minimum absolute atomic E-state index is 0.100. The Kier molecular flexibility index (Phi) is 7.67. The number of carbonyl (C=O) groups is 3. The number of hydrogen-bond acceptors (Lipinski definition) is 9. The summed E-state index contributed by atoms with van der Waals surface area (Å²) in [7, 11) is 1.91. The van der Waals surface area contributed by atoms with E-state index in [1.807, 2.05) is 11.9 Å². The van der Waals surface area contributed by atoms with Gasteiger partial charge in [0.25, 0.3) is 0 Å². The monoisotopic (exact) mass is 411 g/mol. The molecule has 146 valence electrons. The highest BCUT2D eigenvalue weighted by atomic mass is 32.1. The average Bonchev–Trinajstić information content (AvgIpc) is 3.20. The molecule has 2 aromatic rings. The van der Waals surface area contributed by atoms with E-state index in [2.05, 4.69) is 20.6 Å². The van der Waals surface area contributed by atoms with Crippen molar-refractivity contribution < 1.29 is 19.1 Å². The molecule has 0 saturated heterocycles. The van der Waals surface area contributed by atoms with E-state index in [0.29, 0.717) is 35.5 Å². The fourth-order valence-corrected chi connectivity index (χ4v) is 3.63. The third-order valence-corrected chi connectivity index (χ3v) is 5.07. The second kappa shape index (κ2) is 9.97. The zero-order valence-electron chi connectivity index (χ0n) is 15.3. The molecule has 0 saturated carbocycles. The van der Waals surface area contributed by atoms with Crippen LogP contribution in [-0.4, -0.2) is 48.0 Å². The normalized spacial score (nSPS) is 10.3. The van der Waals surface area contributed by atoms with Crippen molar-refractivity contribution >= 4 is 55.7 Å². The number of nitrogens with zero attached hydrogens (tertiary/aromatic N) is 3. The molecule has 2 amide bonds. The van der Waals surface area contributed by atoms with E-state index in [9.17, 15) is 14.4 Å². The van der Waals surface area contributed by atoms with Gasteiger partial charge in [-0.1, -0.05) is 11.3 Å². The Labute approximate surface area is 164 Å². The largest absolute Gasteiger partial charge is 0.466 e. The summed E-state index contributed by atoms with van der Waals surface area (Å²) < 4.78 is 4.90. The van der Waals surface area contributed by atoms with Gasteiger partial charge in [-0.3, -0.25) is 14.4 Å². The van der Waals surface area contributed by atoms with Gasteiger partial charge in [-0.15, -0.1) is 11.3 Å². The van der Waals surface area contributed by atoms with Gasteiger partial charge < -0.3 is 20.3 Å². The van der Waals surface area contributed by atoms with Crippen LogP contribution in [0.1, 0.15) is 26.0 Å². The Morgan fingerprint density at radius 1 is 1.22 bits per heavy atom. The highest BCUT2D eigenvalue weighted by Crippen LogP contribution is 2.26. The molecular formula is C16H21N5O4S2. The first kappa shape index (κ1) is 20.8. The molecule has 0 aliphatic rings. The molecule has 27 heavy (non-hydrogen) atoms. The summed E-state index contributed by atoms with van der Waals surface area (Å²) in [6.45, 7) is 3.86. The van der Waals surface area contributed by atoms with E-state index in [-0.39, 0.29) is 24.2 Å². The van der Waals surface area contributed by atoms with E-state index in [0.717, 1.165) is 5.00 Å². The van der Waals surface area contributed by atoms with E-state index in [1.54, 1.807) is 11.6 Å². The molecule has 0 unspecified atom stereocenters. The SMILES string of the molecule is CC(=O)Nc1nc(CC(=O)Nc2ncc(N(C)CCCOC(C)=O)s2)cs1. The molecule has 0 radical (unpaired) electrons. The first-order chi connectivity index (χ1) is 12.8. The van der Waals surface area contributed by atoms with Crippen LogP contribution < -0.4 is 15.5 Å². The van der Waals surface area contributed by atoms with Crippen LogP contribution in [-0.2, 0) is 25.5 Å². The van der Waals surface area contributed by atoms with E-state index >= 15 is 0 Å². The third kappa shape index (κ3) is 7.31. The van der Waals surface area contributed by atoms with Crippen LogP contribution in [0.4, 0.5) is 15.3 Å². The van der Waals surface area contributed by atoms with E-state index < -0.39 is 0 Å². The number of hydrogen-bond donors (Lipinski definition) is 2. The Hall–Kier alpha value is -2.53. The molecule has 9 nitrogen and oxygen atoms in total. The maximum Gasteiger partial charge on any atom is 0.302 e. The van der Waals surface area contributed by atoms with Crippen LogP contribution >= 0.6 is 22.7 Å². The van der Waals surface area contributed by atoms with Crippen molar-refractivity contribution in [2.75, 3.05) is 35.7 Å². The lowest BCUT2D eigenvalue weighted by molar-refractivity contribution is -0.141. The molecule has 2 N–H and O–H groups in total. The first-order valence-corrected chi connectivity index (χ1v) is 9.85. The number of carbonyl (C=O) groups excluding carboxylic acids is 3. The predicted octanol–water partition coefficient (Wildman–Crippen LogP) is 2.13. The lowest BCUT2D eigenvalue weighted by Crippen LogP contribution is -2.19. The van der Waals surface area contributed by atoms with Crippen LogP contribution in [0.15, 0.2) is 11.6 Å². The molecule has 0 aliphatic heterocycles. The summed E-state index contributed by atoms with van der Waals surface area (Å²) in [5.41, 5.74) is 0.584. The van der Waals surface area contributed by atoms with Crippen LogP contribution in [0.3, 0.4) is 0 Å². The Morgan fingerprint density at radius 2 is 2.00 bits per heavy atom. The first-order valence-electron chi connectivity index (χ1n) is 8.15. The van der Waals surface area contributed by atoms with Gasteiger partial charge in [0, 0.05) is 32.8 Å². The molecule has 0 aromatic carbocycles. The van der Waals surface area contributed by atoms with Crippen molar-refractivity contribution in [2.24, 2.45) is 0 Å². The van der Waals surface area contributed by atoms with Crippen molar-refractivity contribution in [2.45, 2.75) is 26.7 Å². The topological polar surface area (TPSA) is 114 Å². The van der Waals surface area contributed by atoms with Gasteiger partial charge in [0.1, 0.15) is 5.00 Å². The summed E-state index contributed by atoms with van der Waals surface area (Å²) in [5.74, 6) is -0.717. The highest BCUT2D eigenvalue weighted by Gasteiger charge is 2.12. The molecule has 2 aromatic heterocycles. The number of thiazole rings is 2. The van der Waals surface area contributed by atoms with Crippen LogP contribution in [0.5, 0.6) is 0 Å². The lowest BCUT2D eigenvalue weighted by Gasteiger charge is -2.15. The maximum atomic E-state index is 12.1. The molecule has 2 rings (SSSR count). The van der Waals surface area contributed by atoms with Crippen molar-refractivity contribution in [1.82, 2.24) is 9.97 Å². The number of amides is 2. The fourth-order valence-electron chi connectivity index (χ4n) is 2.05. The van der Waals surface area contributed by atoms with E-state index in [4.69, 9.17) is 4.74 Å². The quantitative estimate of drug-likeness (QED) is 0.480. The molecular weight excluding hydrogens is 390 g/mol. The van der Waals surface area contributed by atoms with Crippen LogP contribution in [0.2, 0.25) is 0 Å². The fraction of sp³-hybridized carbons (Fsp3) is 0.438. The lowest BCUT2D eigenvalue weighted by atomic mass is 10.3. The average molecular weight is 412 g/mol. The Bertz CT molecular complexity index is 804. The van der Waals surface area contributed by atoms with Gasteiger partial charge in [0.05, 0.1) is 24.9 Å². The molecule has 0 aliphatic carbocycles. The van der Waals surface area contributed by atoms with Crippen molar-refractivity contribution in [3.63, 3.8) is 0 Å². The number of aromatic nitrogens is 2. The zero-order chi connectivity index (χ0) is 19.8. The molecule has 2 heterocycles. The van der Waals surface area contributed by atoms with Crippen molar-refractivity contribution in [3.05, 3.63) is 17.3 Å². The summed E-state index contributed by atoms with van der Waals surface area (Å²) in [5, 5.41) is 8.93. The zero-order valence-corrected chi connectivity index (χ0v) is 16.9. The third-order valence-electron chi connectivity index (χ3n) is 3.24. The van der Waals surface area contributed by atoms with Crippen molar-refractivity contribution in [3.8, 4) is 0 Å². The molecule has 11 heteroatoms. The number of esters is 1. The minimum atomic E-state index is -0.287. The number of ether oxygens (including phenoxy) is 1. The van der Waals surface area contributed by atoms with Gasteiger partial charge in [0.2, 0.25) is 11.8 Å². The molecule has 0 atom stereocenters. The van der Waals surface area contributed by atoms with Crippen LogP contribution in [0.25, 0.3) is 0 Å². The van der Waals surface area contributed by atoms with Gasteiger partial charge in [-0.05, 0) is 6.42 Å². The minimum Gasteiger partial charge on any atom is -0.466 e. The second-order valence-corrected chi connectivity index (χ2v) is 7.54.